The molecule has 0 unspecified atom stereocenters. The van der Waals surface area contributed by atoms with E-state index >= 15 is 0 Å². The lowest BCUT2D eigenvalue weighted by Crippen LogP contribution is -2.32. The van der Waals surface area contributed by atoms with Gasteiger partial charge in [0.05, 0.1) is 27.7 Å². The Morgan fingerprint density at radius 1 is 1.17 bits per heavy atom. The molecule has 1 aliphatic carbocycles. The molecule has 2 aromatic carbocycles. The van der Waals surface area contributed by atoms with Crippen molar-refractivity contribution in [2.45, 2.75) is 25.3 Å². The van der Waals surface area contributed by atoms with E-state index in [1.54, 1.807) is 11.6 Å². The van der Waals surface area contributed by atoms with Crippen LogP contribution < -0.4 is 10.9 Å². The standard InChI is InChI=1S/C23H20ClN3O2/c1-27-19-11-3-2-6-13(19)16(12-20(27)28)23(29)25-18-10-5-8-15-14-7-4-9-17(24)21(14)26-22(15)18/h2-4,6-7,9,11-12,18,26H,5,8,10H2,1H3,(H,25,29)/t18-/m1/s1. The monoisotopic (exact) mass is 405 g/mol. The third kappa shape index (κ3) is 2.85. The summed E-state index contributed by atoms with van der Waals surface area (Å²) in [5, 5.41) is 5.71. The number of nitrogens with zero attached hydrogens (tertiary/aromatic N) is 1. The lowest BCUT2D eigenvalue weighted by molar-refractivity contribution is 0.0933. The Labute approximate surface area is 172 Å². The van der Waals surface area contributed by atoms with Gasteiger partial charge in [-0.05, 0) is 37.0 Å². The molecule has 146 valence electrons. The Morgan fingerprint density at radius 2 is 1.97 bits per heavy atom. The summed E-state index contributed by atoms with van der Waals surface area (Å²) in [6.45, 7) is 0. The number of hydrogen-bond donors (Lipinski definition) is 2. The number of carbonyl (C=O) groups excluding carboxylic acids is 1. The van der Waals surface area contributed by atoms with E-state index in [1.165, 1.54) is 11.6 Å². The summed E-state index contributed by atoms with van der Waals surface area (Å²) in [6.07, 6.45) is 2.78. The van der Waals surface area contributed by atoms with Crippen LogP contribution in [0.1, 0.15) is 40.5 Å². The Bertz CT molecular complexity index is 1340. The highest BCUT2D eigenvalue weighted by molar-refractivity contribution is 6.35. The second kappa shape index (κ2) is 6.78. The van der Waals surface area contributed by atoms with Crippen molar-refractivity contribution >= 4 is 39.3 Å². The van der Waals surface area contributed by atoms with E-state index in [-0.39, 0.29) is 17.5 Å². The lowest BCUT2D eigenvalue weighted by atomic mass is 9.91. The van der Waals surface area contributed by atoms with Crippen LogP contribution in [0, 0.1) is 0 Å². The molecule has 0 saturated carbocycles. The summed E-state index contributed by atoms with van der Waals surface area (Å²) in [7, 11) is 1.72. The number of rotatable bonds is 2. The normalized spacial score (nSPS) is 16.1. The fraction of sp³-hybridized carbons (Fsp3) is 0.217. The molecule has 1 atom stereocenters. The molecule has 5 nitrogen and oxygen atoms in total. The predicted octanol–water partition coefficient (Wildman–Crippen LogP) is 4.48. The van der Waals surface area contributed by atoms with Crippen molar-refractivity contribution in [2.75, 3.05) is 0 Å². The van der Waals surface area contributed by atoms with Gasteiger partial charge in [-0.15, -0.1) is 0 Å². The van der Waals surface area contributed by atoms with Gasteiger partial charge in [0.25, 0.3) is 11.5 Å². The van der Waals surface area contributed by atoms with Gasteiger partial charge in [-0.25, -0.2) is 0 Å². The van der Waals surface area contributed by atoms with Gasteiger partial charge >= 0.3 is 0 Å². The zero-order chi connectivity index (χ0) is 20.1. The molecule has 0 bridgehead atoms. The summed E-state index contributed by atoms with van der Waals surface area (Å²) >= 11 is 6.37. The number of nitrogens with one attached hydrogen (secondary N) is 2. The number of para-hydroxylation sites is 2. The minimum absolute atomic E-state index is 0.141. The summed E-state index contributed by atoms with van der Waals surface area (Å²) < 4.78 is 1.56. The number of halogens is 1. The number of hydrogen-bond acceptors (Lipinski definition) is 2. The second-order valence-electron chi connectivity index (χ2n) is 7.57. The maximum atomic E-state index is 13.2. The van der Waals surface area contributed by atoms with Crippen molar-refractivity contribution in [3.05, 3.63) is 80.7 Å². The molecular weight excluding hydrogens is 386 g/mol. The predicted molar refractivity (Wildman–Crippen MR) is 116 cm³/mol. The van der Waals surface area contributed by atoms with Crippen molar-refractivity contribution in [1.82, 2.24) is 14.9 Å². The minimum Gasteiger partial charge on any atom is -0.355 e. The molecule has 0 radical (unpaired) electrons. The first-order valence-electron chi connectivity index (χ1n) is 9.73. The number of amides is 1. The van der Waals surface area contributed by atoms with E-state index in [9.17, 15) is 9.59 Å². The van der Waals surface area contributed by atoms with Gasteiger partial charge in [-0.1, -0.05) is 41.9 Å². The number of benzene rings is 2. The number of H-pyrrole nitrogens is 1. The highest BCUT2D eigenvalue weighted by Crippen LogP contribution is 2.37. The van der Waals surface area contributed by atoms with E-state index in [0.29, 0.717) is 10.6 Å². The van der Waals surface area contributed by atoms with Crippen molar-refractivity contribution in [2.24, 2.45) is 7.05 Å². The first-order valence-corrected chi connectivity index (χ1v) is 10.1. The van der Waals surface area contributed by atoms with Gasteiger partial charge in [0, 0.05) is 29.6 Å². The first kappa shape index (κ1) is 18.0. The molecule has 0 saturated heterocycles. The average molecular weight is 406 g/mol. The largest absolute Gasteiger partial charge is 0.355 e. The molecule has 2 aromatic heterocycles. The molecule has 4 aromatic rings. The van der Waals surface area contributed by atoms with E-state index in [4.69, 9.17) is 11.6 Å². The van der Waals surface area contributed by atoms with E-state index in [1.807, 2.05) is 36.4 Å². The van der Waals surface area contributed by atoms with Crippen LogP contribution in [0.2, 0.25) is 5.02 Å². The summed E-state index contributed by atoms with van der Waals surface area (Å²) in [5.74, 6) is -0.235. The maximum absolute atomic E-state index is 13.2. The Hall–Kier alpha value is -3.05. The van der Waals surface area contributed by atoms with Gasteiger partial charge in [0.1, 0.15) is 0 Å². The number of fused-ring (bicyclic) bond motifs is 4. The first-order chi connectivity index (χ1) is 14.0. The van der Waals surface area contributed by atoms with Gasteiger partial charge in [0.2, 0.25) is 0 Å². The van der Waals surface area contributed by atoms with Crippen molar-refractivity contribution in [1.29, 1.82) is 0 Å². The van der Waals surface area contributed by atoms with Crippen LogP contribution in [-0.2, 0) is 13.5 Å². The van der Waals surface area contributed by atoms with Gasteiger partial charge in [0.15, 0.2) is 0 Å². The molecule has 0 fully saturated rings. The zero-order valence-electron chi connectivity index (χ0n) is 16.0. The number of aromatic amines is 1. The van der Waals surface area contributed by atoms with Gasteiger partial charge in [-0.2, -0.15) is 0 Å². The fourth-order valence-electron chi connectivity index (χ4n) is 4.43. The van der Waals surface area contributed by atoms with Crippen LogP contribution in [0.3, 0.4) is 0 Å². The topological polar surface area (TPSA) is 66.9 Å². The highest BCUT2D eigenvalue weighted by atomic mass is 35.5. The summed E-state index contributed by atoms with van der Waals surface area (Å²) in [5.41, 5.74) is 4.10. The van der Waals surface area contributed by atoms with E-state index in [0.717, 1.165) is 46.8 Å². The SMILES string of the molecule is Cn1c(=O)cc(C(=O)N[C@@H]2CCCc3c2[nH]c2c(Cl)cccc32)c2ccccc21. The maximum Gasteiger partial charge on any atom is 0.252 e. The third-order valence-corrected chi connectivity index (χ3v) is 6.21. The fourth-order valence-corrected chi connectivity index (χ4v) is 4.65. The molecule has 0 spiro atoms. The van der Waals surface area contributed by atoms with E-state index < -0.39 is 0 Å². The average Bonchev–Trinajstić information content (AvgIpc) is 3.12. The molecule has 2 N–H and O–H groups in total. The molecule has 5 rings (SSSR count). The van der Waals surface area contributed by atoms with Crippen LogP contribution in [0.25, 0.3) is 21.8 Å². The molecule has 1 aliphatic rings. The van der Waals surface area contributed by atoms with Crippen LogP contribution >= 0.6 is 11.6 Å². The highest BCUT2D eigenvalue weighted by Gasteiger charge is 2.27. The number of carbonyl (C=O) groups is 1. The van der Waals surface area contributed by atoms with Crippen molar-refractivity contribution < 1.29 is 4.79 Å². The molecule has 0 aliphatic heterocycles. The Kier molecular flexibility index (Phi) is 4.21. The molecule has 1 amide bonds. The van der Waals surface area contributed by atoms with Gasteiger partial charge < -0.3 is 14.9 Å². The third-order valence-electron chi connectivity index (χ3n) is 5.90. The summed E-state index contributed by atoms with van der Waals surface area (Å²) in [4.78, 5) is 29.0. The van der Waals surface area contributed by atoms with Crippen LogP contribution in [0.5, 0.6) is 0 Å². The smallest absolute Gasteiger partial charge is 0.252 e. The Balaban J connectivity index is 1.56. The molecule has 6 heteroatoms. The Morgan fingerprint density at radius 3 is 2.83 bits per heavy atom. The van der Waals surface area contributed by atoms with Crippen LogP contribution in [0.15, 0.2) is 53.3 Å². The van der Waals surface area contributed by atoms with Crippen LogP contribution in [0.4, 0.5) is 0 Å². The second-order valence-corrected chi connectivity index (χ2v) is 7.98. The van der Waals surface area contributed by atoms with Crippen molar-refractivity contribution in [3.63, 3.8) is 0 Å². The lowest BCUT2D eigenvalue weighted by Gasteiger charge is -2.24. The zero-order valence-corrected chi connectivity index (χ0v) is 16.7. The summed E-state index contributed by atoms with van der Waals surface area (Å²) in [6, 6.07) is 14.6. The van der Waals surface area contributed by atoms with Gasteiger partial charge in [-0.3, -0.25) is 9.59 Å². The number of pyridine rings is 1. The molecule has 2 heterocycles. The molecule has 29 heavy (non-hydrogen) atoms. The number of aryl methyl sites for hydroxylation is 2. The quantitative estimate of drug-likeness (QED) is 0.516. The molecular formula is C23H20ClN3O2. The van der Waals surface area contributed by atoms with Crippen LogP contribution in [-0.4, -0.2) is 15.5 Å². The number of aromatic nitrogens is 2. The van der Waals surface area contributed by atoms with E-state index in [2.05, 4.69) is 16.4 Å². The van der Waals surface area contributed by atoms with Crippen molar-refractivity contribution in [3.8, 4) is 0 Å². The minimum atomic E-state index is -0.235.